The van der Waals surface area contributed by atoms with Crippen molar-refractivity contribution in [1.29, 1.82) is 0 Å². The molecule has 0 aliphatic heterocycles. The molecule has 19 heavy (non-hydrogen) atoms. The van der Waals surface area contributed by atoms with Gasteiger partial charge >= 0.3 is 0 Å². The highest BCUT2D eigenvalue weighted by molar-refractivity contribution is 5.94. The summed E-state index contributed by atoms with van der Waals surface area (Å²) in [7, 11) is 0. The zero-order valence-corrected chi connectivity index (χ0v) is 11.2. The molecule has 0 unspecified atom stereocenters. The van der Waals surface area contributed by atoms with Crippen molar-refractivity contribution in [3.8, 4) is 0 Å². The number of unbranched alkanes of at least 4 members (excludes halogenated alkanes) is 2. The summed E-state index contributed by atoms with van der Waals surface area (Å²) in [5.41, 5.74) is 0.688. The van der Waals surface area contributed by atoms with Crippen LogP contribution in [0.1, 0.15) is 36.5 Å². The monoisotopic (exact) mass is 260 g/mol. The van der Waals surface area contributed by atoms with Gasteiger partial charge in [0, 0.05) is 19.0 Å². The lowest BCUT2D eigenvalue weighted by Gasteiger charge is -2.04. The molecule has 0 radical (unpaired) electrons. The van der Waals surface area contributed by atoms with Crippen LogP contribution in [-0.2, 0) is 4.79 Å². The standard InChI is InChI=1S/C15H20N2O2/c1-13(18)16-11-7-2-3-8-12-17-15(19)14-9-5-4-6-10-14/h4-7,9-11H,2-3,8,12H2,1H3,(H,16,18)(H,17,19). The topological polar surface area (TPSA) is 58.2 Å². The summed E-state index contributed by atoms with van der Waals surface area (Å²) in [5.74, 6) is -0.0965. The predicted octanol–water partition coefficient (Wildman–Crippen LogP) is 2.24. The van der Waals surface area contributed by atoms with Crippen LogP contribution in [0, 0.1) is 0 Å². The quantitative estimate of drug-likeness (QED) is 0.739. The third kappa shape index (κ3) is 7.03. The van der Waals surface area contributed by atoms with E-state index in [1.165, 1.54) is 6.92 Å². The van der Waals surface area contributed by atoms with Crippen molar-refractivity contribution in [2.75, 3.05) is 6.54 Å². The van der Waals surface area contributed by atoms with Gasteiger partial charge in [0.25, 0.3) is 5.91 Å². The first-order valence-corrected chi connectivity index (χ1v) is 6.45. The molecule has 1 rings (SSSR count). The van der Waals surface area contributed by atoms with Crippen molar-refractivity contribution in [1.82, 2.24) is 10.6 Å². The number of benzene rings is 1. The smallest absolute Gasteiger partial charge is 0.251 e. The van der Waals surface area contributed by atoms with Gasteiger partial charge in [0.1, 0.15) is 0 Å². The molecule has 0 bridgehead atoms. The van der Waals surface area contributed by atoms with Gasteiger partial charge in [-0.3, -0.25) is 9.59 Å². The van der Waals surface area contributed by atoms with Crippen molar-refractivity contribution < 1.29 is 9.59 Å². The Labute approximate surface area is 113 Å². The van der Waals surface area contributed by atoms with Crippen LogP contribution in [-0.4, -0.2) is 18.4 Å². The van der Waals surface area contributed by atoms with Crippen LogP contribution < -0.4 is 10.6 Å². The average Bonchev–Trinajstić information content (AvgIpc) is 2.42. The average molecular weight is 260 g/mol. The fourth-order valence-corrected chi connectivity index (χ4v) is 1.54. The number of carbonyl (C=O) groups excluding carboxylic acids is 2. The summed E-state index contributed by atoms with van der Waals surface area (Å²) >= 11 is 0. The number of hydrogen-bond acceptors (Lipinski definition) is 2. The van der Waals surface area contributed by atoms with E-state index in [0.717, 1.165) is 19.3 Å². The highest BCUT2D eigenvalue weighted by Crippen LogP contribution is 1.99. The maximum Gasteiger partial charge on any atom is 0.251 e. The van der Waals surface area contributed by atoms with Crippen LogP contribution in [0.5, 0.6) is 0 Å². The Bertz CT molecular complexity index is 427. The Morgan fingerprint density at radius 1 is 1.16 bits per heavy atom. The first-order valence-electron chi connectivity index (χ1n) is 6.45. The number of hydrogen-bond donors (Lipinski definition) is 2. The number of rotatable bonds is 7. The van der Waals surface area contributed by atoms with Gasteiger partial charge in [-0.15, -0.1) is 0 Å². The van der Waals surface area contributed by atoms with E-state index in [4.69, 9.17) is 0 Å². The first-order chi connectivity index (χ1) is 9.20. The van der Waals surface area contributed by atoms with Crippen LogP contribution in [0.25, 0.3) is 0 Å². The molecular formula is C15H20N2O2. The molecule has 2 amide bonds. The molecule has 0 saturated carbocycles. The van der Waals surface area contributed by atoms with E-state index in [2.05, 4.69) is 10.6 Å². The SMILES string of the molecule is CC(=O)NC=CCCCCNC(=O)c1ccccc1. The van der Waals surface area contributed by atoms with Gasteiger partial charge in [0.05, 0.1) is 0 Å². The summed E-state index contributed by atoms with van der Waals surface area (Å²) < 4.78 is 0. The van der Waals surface area contributed by atoms with E-state index in [-0.39, 0.29) is 11.8 Å². The Morgan fingerprint density at radius 2 is 1.89 bits per heavy atom. The predicted molar refractivity (Wildman–Crippen MR) is 75.6 cm³/mol. The van der Waals surface area contributed by atoms with E-state index in [0.29, 0.717) is 12.1 Å². The molecule has 1 aromatic rings. The lowest BCUT2D eigenvalue weighted by atomic mass is 10.2. The number of nitrogens with one attached hydrogen (secondary N) is 2. The first kappa shape index (κ1) is 15.0. The summed E-state index contributed by atoms with van der Waals surface area (Å²) in [4.78, 5) is 22.3. The van der Waals surface area contributed by atoms with E-state index >= 15 is 0 Å². The van der Waals surface area contributed by atoms with Crippen molar-refractivity contribution in [3.05, 3.63) is 48.2 Å². The highest BCUT2D eigenvalue weighted by Gasteiger charge is 2.01. The third-order valence-corrected chi connectivity index (χ3v) is 2.52. The molecule has 0 atom stereocenters. The molecule has 4 heteroatoms. The lowest BCUT2D eigenvalue weighted by Crippen LogP contribution is -2.24. The molecule has 0 aromatic heterocycles. The Morgan fingerprint density at radius 3 is 2.58 bits per heavy atom. The van der Waals surface area contributed by atoms with Crippen LogP contribution >= 0.6 is 0 Å². The molecule has 2 N–H and O–H groups in total. The minimum Gasteiger partial charge on any atom is -0.352 e. The van der Waals surface area contributed by atoms with Crippen molar-refractivity contribution >= 4 is 11.8 Å². The molecule has 102 valence electrons. The fraction of sp³-hybridized carbons (Fsp3) is 0.333. The van der Waals surface area contributed by atoms with Crippen LogP contribution in [0.15, 0.2) is 42.6 Å². The van der Waals surface area contributed by atoms with E-state index in [1.54, 1.807) is 18.3 Å². The van der Waals surface area contributed by atoms with E-state index in [9.17, 15) is 9.59 Å². The summed E-state index contributed by atoms with van der Waals surface area (Å²) in [6.45, 7) is 2.14. The van der Waals surface area contributed by atoms with Gasteiger partial charge in [-0.2, -0.15) is 0 Å². The number of amides is 2. The second kappa shape index (κ2) is 8.91. The molecule has 4 nitrogen and oxygen atoms in total. The van der Waals surface area contributed by atoms with Gasteiger partial charge in [0.2, 0.25) is 5.91 Å². The van der Waals surface area contributed by atoms with Gasteiger partial charge < -0.3 is 10.6 Å². The fourth-order valence-electron chi connectivity index (χ4n) is 1.54. The Kier molecular flexibility index (Phi) is 7.02. The molecule has 0 aliphatic rings. The number of carbonyl (C=O) groups is 2. The minimum atomic E-state index is -0.0635. The second-order valence-electron chi connectivity index (χ2n) is 4.22. The minimum absolute atomic E-state index is 0.0330. The third-order valence-electron chi connectivity index (χ3n) is 2.52. The second-order valence-corrected chi connectivity index (χ2v) is 4.22. The number of allylic oxidation sites excluding steroid dienone is 1. The Balaban J connectivity index is 2.07. The molecule has 0 aliphatic carbocycles. The van der Waals surface area contributed by atoms with Crippen molar-refractivity contribution in [2.24, 2.45) is 0 Å². The highest BCUT2D eigenvalue weighted by atomic mass is 16.2. The van der Waals surface area contributed by atoms with E-state index in [1.807, 2.05) is 24.3 Å². The molecular weight excluding hydrogens is 240 g/mol. The molecule has 1 aromatic carbocycles. The van der Waals surface area contributed by atoms with Crippen molar-refractivity contribution in [3.63, 3.8) is 0 Å². The molecule has 0 fully saturated rings. The molecule has 0 heterocycles. The van der Waals surface area contributed by atoms with Crippen LogP contribution in [0.3, 0.4) is 0 Å². The maximum atomic E-state index is 11.7. The van der Waals surface area contributed by atoms with Crippen LogP contribution in [0.2, 0.25) is 0 Å². The summed E-state index contributed by atoms with van der Waals surface area (Å²) in [6.07, 6.45) is 6.36. The lowest BCUT2D eigenvalue weighted by molar-refractivity contribution is -0.118. The summed E-state index contributed by atoms with van der Waals surface area (Å²) in [6, 6.07) is 9.18. The zero-order valence-electron chi connectivity index (χ0n) is 11.2. The van der Waals surface area contributed by atoms with E-state index < -0.39 is 0 Å². The maximum absolute atomic E-state index is 11.7. The van der Waals surface area contributed by atoms with Crippen LogP contribution in [0.4, 0.5) is 0 Å². The largest absolute Gasteiger partial charge is 0.352 e. The molecule has 0 saturated heterocycles. The summed E-state index contributed by atoms with van der Waals surface area (Å²) in [5, 5.41) is 5.46. The van der Waals surface area contributed by atoms with Gasteiger partial charge in [0.15, 0.2) is 0 Å². The Hall–Kier alpha value is -2.10. The van der Waals surface area contributed by atoms with Crippen molar-refractivity contribution in [2.45, 2.75) is 26.2 Å². The van der Waals surface area contributed by atoms with Gasteiger partial charge in [-0.05, 0) is 37.6 Å². The van der Waals surface area contributed by atoms with Gasteiger partial charge in [-0.25, -0.2) is 0 Å². The normalized spacial score (nSPS) is 10.4. The molecule has 0 spiro atoms. The zero-order chi connectivity index (χ0) is 13.9. The van der Waals surface area contributed by atoms with Gasteiger partial charge in [-0.1, -0.05) is 24.3 Å².